The van der Waals surface area contributed by atoms with Crippen molar-refractivity contribution in [2.45, 2.75) is 17.0 Å². The number of hydrogen-bond donors (Lipinski definition) is 0. The Hall–Kier alpha value is 0.508. The minimum Gasteiger partial charge on any atom is -0.377 e. The third-order valence-electron chi connectivity index (χ3n) is 4.42. The van der Waals surface area contributed by atoms with Crippen LogP contribution in [0.3, 0.4) is 0 Å². The van der Waals surface area contributed by atoms with Crippen molar-refractivity contribution in [2.75, 3.05) is 64.0 Å². The van der Waals surface area contributed by atoms with E-state index in [2.05, 4.69) is 0 Å². The molecule has 0 aromatic carbocycles. The van der Waals surface area contributed by atoms with Crippen molar-refractivity contribution in [2.24, 2.45) is 0 Å². The average Bonchev–Trinajstić information content (AvgIpc) is 2.68. The van der Waals surface area contributed by atoms with E-state index in [1.54, 1.807) is 64.0 Å². The summed E-state index contributed by atoms with van der Waals surface area (Å²) in [5.41, 5.74) is 1.98. The van der Waals surface area contributed by atoms with Crippen molar-refractivity contribution < 1.29 is 39.8 Å². The van der Waals surface area contributed by atoms with E-state index < -0.39 is 35.2 Å². The Labute approximate surface area is 156 Å². The van der Waals surface area contributed by atoms with Crippen molar-refractivity contribution >= 4 is 35.2 Å². The Morgan fingerprint density at radius 1 is 0.400 bits per heavy atom. The molecule has 0 aromatic rings. The molecule has 152 valence electrons. The second-order valence-electron chi connectivity index (χ2n) is 5.36. The van der Waals surface area contributed by atoms with Gasteiger partial charge < -0.3 is 39.8 Å². The van der Waals surface area contributed by atoms with Gasteiger partial charge in [-0.25, -0.2) is 0 Å². The van der Waals surface area contributed by atoms with Crippen LogP contribution in [0.2, 0.25) is 17.0 Å². The fourth-order valence-electron chi connectivity index (χ4n) is 2.78. The zero-order chi connectivity index (χ0) is 19.6. The zero-order valence-electron chi connectivity index (χ0n) is 16.9. The molecule has 0 aliphatic heterocycles. The van der Waals surface area contributed by atoms with Gasteiger partial charge in [-0.2, -0.15) is 0 Å². The van der Waals surface area contributed by atoms with Gasteiger partial charge in [0, 0.05) is 81.0 Å². The summed E-state index contributed by atoms with van der Waals surface area (Å²) in [6, 6.07) is 0. The Bertz CT molecular complexity index is 274. The van der Waals surface area contributed by atoms with Gasteiger partial charge in [0.2, 0.25) is 0 Å². The van der Waals surface area contributed by atoms with Gasteiger partial charge in [-0.3, -0.25) is 0 Å². The predicted molar refractivity (Wildman–Crippen MR) is 102 cm³/mol. The van der Waals surface area contributed by atoms with Crippen LogP contribution >= 0.6 is 0 Å². The lowest BCUT2D eigenvalue weighted by molar-refractivity contribution is 0.124. The Kier molecular flexibility index (Phi) is 12.3. The zero-order valence-corrected chi connectivity index (χ0v) is 21.0. The van der Waals surface area contributed by atoms with Crippen LogP contribution in [0.5, 0.6) is 0 Å². The molecule has 9 nitrogen and oxygen atoms in total. The van der Waals surface area contributed by atoms with E-state index in [0.717, 1.165) is 0 Å². The van der Waals surface area contributed by atoms with E-state index >= 15 is 0 Å². The van der Waals surface area contributed by atoms with Crippen LogP contribution < -0.4 is 0 Å². The summed E-state index contributed by atoms with van der Waals surface area (Å²) in [4.78, 5) is 0. The first-order valence-electron chi connectivity index (χ1n) is 7.80. The van der Waals surface area contributed by atoms with E-state index in [1.165, 1.54) is 0 Å². The van der Waals surface area contributed by atoms with Gasteiger partial charge in [-0.1, -0.05) is 0 Å². The molecule has 0 rings (SSSR count). The summed E-state index contributed by atoms with van der Waals surface area (Å²) in [5, 5.41) is 0. The highest BCUT2D eigenvalue weighted by atomic mass is 28.5. The monoisotopic (exact) mass is 434 g/mol. The average molecular weight is 435 g/mol. The van der Waals surface area contributed by atoms with Gasteiger partial charge in [0.15, 0.2) is 0 Å². The minimum absolute atomic E-state index is 0.659. The van der Waals surface area contributed by atoms with E-state index in [1.807, 2.05) is 0 Å². The highest BCUT2D eigenvalue weighted by molar-refractivity contribution is 6.92. The van der Waals surface area contributed by atoms with Gasteiger partial charge in [0.25, 0.3) is 0 Å². The molecular formula is C12H34O9Si4. The van der Waals surface area contributed by atoms with Gasteiger partial charge in [-0.15, -0.1) is 0 Å². The topological polar surface area (TPSA) is 83.1 Å². The summed E-state index contributed by atoms with van der Waals surface area (Å²) in [6.45, 7) is 0. The van der Waals surface area contributed by atoms with Crippen LogP contribution in [-0.4, -0.2) is 99.2 Å². The minimum atomic E-state index is -2.78. The van der Waals surface area contributed by atoms with E-state index in [9.17, 15) is 0 Å². The van der Waals surface area contributed by atoms with Crippen LogP contribution in [0.1, 0.15) is 0 Å². The van der Waals surface area contributed by atoms with Crippen molar-refractivity contribution in [1.82, 2.24) is 0 Å². The molecule has 0 aliphatic carbocycles. The van der Waals surface area contributed by atoms with E-state index in [-0.39, 0.29) is 0 Å². The normalized spacial score (nSPS) is 13.7. The van der Waals surface area contributed by atoms with Gasteiger partial charge in [0.1, 0.15) is 0 Å². The lowest BCUT2D eigenvalue weighted by atomic mass is 11.7. The summed E-state index contributed by atoms with van der Waals surface area (Å²) in [5.74, 6) is 0. The van der Waals surface area contributed by atoms with Gasteiger partial charge in [0.05, 0.1) is 8.80 Å². The second kappa shape index (κ2) is 12.1. The molecule has 0 fully saturated rings. The molecule has 25 heavy (non-hydrogen) atoms. The summed E-state index contributed by atoms with van der Waals surface area (Å²) < 4.78 is 50.5. The maximum Gasteiger partial charge on any atom is 0.497 e. The quantitative estimate of drug-likeness (QED) is 0.341. The fourth-order valence-corrected chi connectivity index (χ4v) is 24.4. The van der Waals surface area contributed by atoms with Crippen molar-refractivity contribution in [3.63, 3.8) is 0 Å². The van der Waals surface area contributed by atoms with Gasteiger partial charge >= 0.3 is 26.4 Å². The third kappa shape index (κ3) is 6.87. The van der Waals surface area contributed by atoms with Crippen LogP contribution in [0.4, 0.5) is 0 Å². The Balaban J connectivity index is 5.64. The molecule has 13 heteroatoms. The maximum absolute atomic E-state index is 5.61. The standard InChI is InChI=1S/C12H34O9Si4/c1-13-23(14-2,15-3)10-22(11-24(16-4,17-5)18-6)12-25(19-7,20-8)21-9/h22H,10-12H2,1-9H3. The Morgan fingerprint density at radius 2 is 0.560 bits per heavy atom. The van der Waals surface area contributed by atoms with Crippen molar-refractivity contribution in [3.05, 3.63) is 0 Å². The molecule has 0 heterocycles. The molecule has 0 N–H and O–H groups in total. The van der Waals surface area contributed by atoms with Crippen molar-refractivity contribution in [3.8, 4) is 0 Å². The molecule has 0 aromatic heterocycles. The molecular weight excluding hydrogens is 400 g/mol. The third-order valence-corrected chi connectivity index (χ3v) is 22.9. The molecule has 0 bridgehead atoms. The van der Waals surface area contributed by atoms with Crippen LogP contribution in [0.15, 0.2) is 0 Å². The lowest BCUT2D eigenvalue weighted by Gasteiger charge is -2.34. The molecule has 0 saturated heterocycles. The predicted octanol–water partition coefficient (Wildman–Crippen LogP) is 0.465. The first-order chi connectivity index (χ1) is 11.8. The molecule has 0 aliphatic rings. The van der Waals surface area contributed by atoms with E-state index in [0.29, 0.717) is 17.0 Å². The fraction of sp³-hybridized carbons (Fsp3) is 1.00. The lowest BCUT2D eigenvalue weighted by Crippen LogP contribution is -2.55. The van der Waals surface area contributed by atoms with Crippen molar-refractivity contribution in [1.29, 1.82) is 0 Å². The first-order valence-corrected chi connectivity index (χ1v) is 16.0. The molecule has 0 radical (unpaired) electrons. The van der Waals surface area contributed by atoms with Crippen LogP contribution in [-0.2, 0) is 39.8 Å². The highest BCUT2D eigenvalue weighted by Crippen LogP contribution is 2.28. The van der Waals surface area contributed by atoms with Crippen LogP contribution in [0.25, 0.3) is 0 Å². The van der Waals surface area contributed by atoms with Crippen LogP contribution in [0, 0.1) is 0 Å². The largest absolute Gasteiger partial charge is 0.497 e. The molecule has 0 spiro atoms. The Morgan fingerprint density at radius 3 is 0.680 bits per heavy atom. The van der Waals surface area contributed by atoms with E-state index in [4.69, 9.17) is 39.8 Å². The summed E-state index contributed by atoms with van der Waals surface area (Å²) >= 11 is 0. The first kappa shape index (κ1) is 25.5. The maximum atomic E-state index is 5.61. The molecule has 0 saturated carbocycles. The van der Waals surface area contributed by atoms with Gasteiger partial charge in [-0.05, 0) is 0 Å². The summed E-state index contributed by atoms with van der Waals surface area (Å²) in [7, 11) is 4.37. The number of hydrogen-bond acceptors (Lipinski definition) is 9. The molecule has 0 amide bonds. The summed E-state index contributed by atoms with van der Waals surface area (Å²) in [6.07, 6.45) is 0. The smallest absolute Gasteiger partial charge is 0.377 e. The SMILES string of the molecule is CO[Si](C[SiH](C[Si](OC)(OC)OC)C[Si](OC)(OC)OC)(OC)OC. The molecule has 0 unspecified atom stereocenters. The number of rotatable bonds is 15. The highest BCUT2D eigenvalue weighted by Gasteiger charge is 2.51. The second-order valence-corrected chi connectivity index (χ2v) is 19.8. The molecule has 0 atom stereocenters.